The number of carbonyl (C=O) groups is 3. The topological polar surface area (TPSA) is 126 Å². The molecule has 0 spiro atoms. The van der Waals surface area contributed by atoms with Crippen LogP contribution in [0.2, 0.25) is 0 Å². The second-order valence-corrected chi connectivity index (χ2v) is 7.82. The van der Waals surface area contributed by atoms with Gasteiger partial charge < -0.3 is 5.32 Å². The fraction of sp³-hybridized carbons (Fsp3) is 0.222. The molecule has 2 heterocycles. The Balaban J connectivity index is 1.87. The number of rotatable bonds is 5. The number of nitrogens with one attached hydrogen (secondary N) is 2. The highest BCUT2D eigenvalue weighted by Crippen LogP contribution is 2.24. The number of aromatic nitrogens is 1. The van der Waals surface area contributed by atoms with Gasteiger partial charge in [-0.15, -0.1) is 0 Å². The highest BCUT2D eigenvalue weighted by molar-refractivity contribution is 7.92. The molecule has 0 saturated carbocycles. The number of hydrogen-bond acceptors (Lipinski definition) is 6. The third kappa shape index (κ3) is 3.58. The molecule has 1 aliphatic heterocycles. The van der Waals surface area contributed by atoms with Gasteiger partial charge in [-0.05, 0) is 36.8 Å². The molecule has 1 saturated heterocycles. The van der Waals surface area contributed by atoms with E-state index in [2.05, 4.69) is 15.0 Å². The maximum atomic E-state index is 12.7. The van der Waals surface area contributed by atoms with Crippen LogP contribution in [-0.2, 0) is 19.6 Å². The molecule has 0 radical (unpaired) electrons. The molecule has 0 bridgehead atoms. The highest BCUT2D eigenvalue weighted by Gasteiger charge is 2.31. The van der Waals surface area contributed by atoms with E-state index < -0.39 is 10.0 Å². The van der Waals surface area contributed by atoms with Crippen molar-refractivity contribution in [3.63, 3.8) is 0 Å². The maximum Gasteiger partial charge on any atom is 0.263 e. The first-order valence-electron chi connectivity index (χ1n) is 8.41. The lowest BCUT2D eigenvalue weighted by molar-refractivity contribution is -0.121. The Kier molecular flexibility index (Phi) is 5.14. The normalized spacial score (nSPS) is 14.3. The Labute approximate surface area is 161 Å². The highest BCUT2D eigenvalue weighted by atomic mass is 32.2. The standard InChI is InChI=1S/C18H18N4O5S/c1-11-13(18(25)19-2)4-3-5-14(11)21-28(26,27)12-6-7-15(20-10-12)22-16(23)8-9-17(22)24/h3-7,10,21H,8-9H2,1-2H3,(H,19,25). The summed E-state index contributed by atoms with van der Waals surface area (Å²) in [5.41, 5.74) is 1.08. The van der Waals surface area contributed by atoms with Gasteiger partial charge in [0.25, 0.3) is 15.9 Å². The Hall–Kier alpha value is -3.27. The van der Waals surface area contributed by atoms with Crippen LogP contribution in [0.5, 0.6) is 0 Å². The zero-order valence-electron chi connectivity index (χ0n) is 15.2. The molecule has 3 rings (SSSR count). The number of pyridine rings is 1. The second-order valence-electron chi connectivity index (χ2n) is 6.14. The van der Waals surface area contributed by atoms with Gasteiger partial charge >= 0.3 is 0 Å². The largest absolute Gasteiger partial charge is 0.355 e. The van der Waals surface area contributed by atoms with Crippen molar-refractivity contribution in [1.82, 2.24) is 10.3 Å². The van der Waals surface area contributed by atoms with Crippen LogP contribution in [0.15, 0.2) is 41.4 Å². The van der Waals surface area contributed by atoms with Gasteiger partial charge in [0.15, 0.2) is 0 Å². The van der Waals surface area contributed by atoms with E-state index in [9.17, 15) is 22.8 Å². The van der Waals surface area contributed by atoms with E-state index in [1.54, 1.807) is 25.1 Å². The van der Waals surface area contributed by atoms with Crippen LogP contribution >= 0.6 is 0 Å². The third-order valence-electron chi connectivity index (χ3n) is 4.36. The van der Waals surface area contributed by atoms with E-state index in [0.717, 1.165) is 11.1 Å². The Morgan fingerprint density at radius 2 is 1.79 bits per heavy atom. The molecular formula is C18H18N4O5S. The number of carbonyl (C=O) groups excluding carboxylic acids is 3. The average Bonchev–Trinajstić information content (AvgIpc) is 3.01. The van der Waals surface area contributed by atoms with Gasteiger partial charge in [-0.2, -0.15) is 0 Å². The lowest BCUT2D eigenvalue weighted by atomic mass is 10.1. The SMILES string of the molecule is CNC(=O)c1cccc(NS(=O)(=O)c2ccc(N3C(=O)CCC3=O)nc2)c1C. The van der Waals surface area contributed by atoms with E-state index in [1.807, 2.05) is 0 Å². The summed E-state index contributed by atoms with van der Waals surface area (Å²) in [6.07, 6.45) is 1.31. The van der Waals surface area contributed by atoms with E-state index in [1.165, 1.54) is 19.2 Å². The van der Waals surface area contributed by atoms with Crippen LogP contribution in [0.4, 0.5) is 11.5 Å². The molecule has 146 valence electrons. The molecule has 2 aromatic rings. The van der Waals surface area contributed by atoms with Crippen molar-refractivity contribution < 1.29 is 22.8 Å². The summed E-state index contributed by atoms with van der Waals surface area (Å²) in [4.78, 5) is 40.2. The molecule has 1 fully saturated rings. The minimum atomic E-state index is -3.98. The fourth-order valence-electron chi connectivity index (χ4n) is 2.83. The zero-order valence-corrected chi connectivity index (χ0v) is 16.0. The maximum absolute atomic E-state index is 12.7. The lowest BCUT2D eigenvalue weighted by Gasteiger charge is -2.15. The average molecular weight is 402 g/mol. The van der Waals surface area contributed by atoms with Crippen molar-refractivity contribution in [2.45, 2.75) is 24.7 Å². The smallest absolute Gasteiger partial charge is 0.263 e. The number of nitrogens with zero attached hydrogens (tertiary/aromatic N) is 2. The summed E-state index contributed by atoms with van der Waals surface area (Å²) in [7, 11) is -2.50. The Bertz CT molecular complexity index is 1050. The molecule has 0 aliphatic carbocycles. The van der Waals surface area contributed by atoms with Crippen LogP contribution in [-0.4, -0.2) is 38.2 Å². The van der Waals surface area contributed by atoms with E-state index in [4.69, 9.17) is 0 Å². The third-order valence-corrected chi connectivity index (χ3v) is 5.71. The minimum absolute atomic E-state index is 0.0873. The van der Waals surface area contributed by atoms with Crippen molar-refractivity contribution >= 4 is 39.3 Å². The van der Waals surface area contributed by atoms with Crippen molar-refractivity contribution in [2.75, 3.05) is 16.7 Å². The summed E-state index contributed by atoms with van der Waals surface area (Å²) < 4.78 is 27.8. The van der Waals surface area contributed by atoms with Gasteiger partial charge in [-0.25, -0.2) is 18.3 Å². The van der Waals surface area contributed by atoms with Crippen LogP contribution in [0, 0.1) is 6.92 Å². The van der Waals surface area contributed by atoms with E-state index in [-0.39, 0.29) is 47.0 Å². The predicted octanol–water partition coefficient (Wildman–Crippen LogP) is 1.20. The second kappa shape index (κ2) is 7.39. The van der Waals surface area contributed by atoms with Crippen LogP contribution in [0.25, 0.3) is 0 Å². The van der Waals surface area contributed by atoms with Crippen LogP contribution in [0.1, 0.15) is 28.8 Å². The number of imide groups is 1. The molecule has 28 heavy (non-hydrogen) atoms. The molecule has 1 aromatic heterocycles. The van der Waals surface area contributed by atoms with Gasteiger partial charge in [-0.1, -0.05) is 6.07 Å². The summed E-state index contributed by atoms with van der Waals surface area (Å²) in [6.45, 7) is 1.63. The Morgan fingerprint density at radius 1 is 1.11 bits per heavy atom. The van der Waals surface area contributed by atoms with Gasteiger partial charge in [-0.3, -0.25) is 19.1 Å². The molecule has 1 aliphatic rings. The fourth-order valence-corrected chi connectivity index (χ4v) is 3.89. The van der Waals surface area contributed by atoms with Crippen molar-refractivity contribution in [3.05, 3.63) is 47.7 Å². The first-order chi connectivity index (χ1) is 13.2. The number of anilines is 2. The van der Waals surface area contributed by atoms with Gasteiger partial charge in [0.1, 0.15) is 10.7 Å². The van der Waals surface area contributed by atoms with Gasteiger partial charge in [0, 0.05) is 31.6 Å². The van der Waals surface area contributed by atoms with Crippen molar-refractivity contribution in [1.29, 1.82) is 0 Å². The number of hydrogen-bond donors (Lipinski definition) is 2. The quantitative estimate of drug-likeness (QED) is 0.724. The van der Waals surface area contributed by atoms with Crippen LogP contribution < -0.4 is 14.9 Å². The number of sulfonamides is 1. The molecular weight excluding hydrogens is 384 g/mol. The molecule has 0 atom stereocenters. The first kappa shape index (κ1) is 19.5. The molecule has 10 heteroatoms. The summed E-state index contributed by atoms with van der Waals surface area (Å²) in [6, 6.07) is 7.28. The summed E-state index contributed by atoms with van der Waals surface area (Å²) in [5, 5.41) is 2.50. The van der Waals surface area contributed by atoms with Crippen LogP contribution in [0.3, 0.4) is 0 Å². The van der Waals surface area contributed by atoms with E-state index in [0.29, 0.717) is 11.1 Å². The van der Waals surface area contributed by atoms with Gasteiger partial charge in [0.05, 0.1) is 5.69 Å². The van der Waals surface area contributed by atoms with Gasteiger partial charge in [0.2, 0.25) is 11.8 Å². The lowest BCUT2D eigenvalue weighted by Crippen LogP contribution is -2.29. The number of amides is 3. The zero-order chi connectivity index (χ0) is 20.5. The molecule has 1 aromatic carbocycles. The monoisotopic (exact) mass is 402 g/mol. The molecule has 0 unspecified atom stereocenters. The molecule has 3 amide bonds. The minimum Gasteiger partial charge on any atom is -0.355 e. The molecule has 9 nitrogen and oxygen atoms in total. The Morgan fingerprint density at radius 3 is 2.36 bits per heavy atom. The van der Waals surface area contributed by atoms with Crippen molar-refractivity contribution in [3.8, 4) is 0 Å². The van der Waals surface area contributed by atoms with Crippen molar-refractivity contribution in [2.24, 2.45) is 0 Å². The molecule has 2 N–H and O–H groups in total. The number of benzene rings is 1. The first-order valence-corrected chi connectivity index (χ1v) is 9.89. The predicted molar refractivity (Wildman–Crippen MR) is 101 cm³/mol. The van der Waals surface area contributed by atoms with E-state index >= 15 is 0 Å². The summed E-state index contributed by atoms with van der Waals surface area (Å²) >= 11 is 0. The summed E-state index contributed by atoms with van der Waals surface area (Å²) in [5.74, 6) is -0.977.